The average Bonchev–Trinajstić information content (AvgIpc) is 2.62. The highest BCUT2D eigenvalue weighted by atomic mass is 35.5. The van der Waals surface area contributed by atoms with E-state index in [2.05, 4.69) is 4.72 Å². The van der Waals surface area contributed by atoms with Crippen molar-refractivity contribution in [1.29, 1.82) is 0 Å². The molecule has 0 radical (unpaired) electrons. The maximum absolute atomic E-state index is 13.0. The molecule has 28 heavy (non-hydrogen) atoms. The van der Waals surface area contributed by atoms with Gasteiger partial charge >= 0.3 is 0 Å². The minimum atomic E-state index is -4.04. The minimum Gasteiger partial charge on any atom is -0.492 e. The van der Waals surface area contributed by atoms with Crippen molar-refractivity contribution in [2.75, 3.05) is 27.9 Å². The number of anilines is 2. The number of rotatable bonds is 6. The molecule has 10 heteroatoms. The van der Waals surface area contributed by atoms with Crippen molar-refractivity contribution in [2.24, 2.45) is 0 Å². The van der Waals surface area contributed by atoms with E-state index >= 15 is 0 Å². The van der Waals surface area contributed by atoms with Crippen molar-refractivity contribution in [3.8, 4) is 5.75 Å². The van der Waals surface area contributed by atoms with Crippen molar-refractivity contribution in [1.82, 2.24) is 0 Å². The number of nitrogens with one attached hydrogen (secondary N) is 1. The Morgan fingerprint density at radius 2 is 1.96 bits per heavy atom. The Morgan fingerprint density at radius 3 is 2.64 bits per heavy atom. The summed E-state index contributed by atoms with van der Waals surface area (Å²) in [5.74, 6) is 0.193. The second kappa shape index (κ2) is 8.18. The van der Waals surface area contributed by atoms with E-state index in [1.165, 1.54) is 22.5 Å². The number of benzene rings is 2. The van der Waals surface area contributed by atoms with Crippen LogP contribution in [0, 0.1) is 0 Å². The summed E-state index contributed by atoms with van der Waals surface area (Å²) in [6, 6.07) is 10.7. The smallest absolute Gasteiger partial charge is 0.265 e. The Morgan fingerprint density at radius 1 is 1.18 bits per heavy atom. The van der Waals surface area contributed by atoms with Gasteiger partial charge in [-0.1, -0.05) is 17.7 Å². The van der Waals surface area contributed by atoms with E-state index in [0.29, 0.717) is 29.4 Å². The SMILES string of the molecule is CCOc1ccc(N2CCCCS2(=O)=O)cc1S(=O)(=O)Nc1cccc(Cl)c1. The third kappa shape index (κ3) is 4.53. The van der Waals surface area contributed by atoms with Gasteiger partial charge in [0.05, 0.1) is 23.7 Å². The van der Waals surface area contributed by atoms with E-state index in [-0.39, 0.29) is 23.0 Å². The van der Waals surface area contributed by atoms with Gasteiger partial charge in [-0.15, -0.1) is 0 Å². The third-order valence-electron chi connectivity index (χ3n) is 4.23. The van der Waals surface area contributed by atoms with Gasteiger partial charge < -0.3 is 4.74 Å². The van der Waals surface area contributed by atoms with Crippen LogP contribution in [0.2, 0.25) is 5.02 Å². The van der Waals surface area contributed by atoms with Crippen molar-refractivity contribution < 1.29 is 21.6 Å². The number of halogens is 1. The lowest BCUT2D eigenvalue weighted by Gasteiger charge is -2.28. The second-order valence-corrected chi connectivity index (χ2v) is 10.4. The van der Waals surface area contributed by atoms with Crippen LogP contribution in [0.1, 0.15) is 19.8 Å². The van der Waals surface area contributed by atoms with Crippen LogP contribution >= 0.6 is 11.6 Å². The van der Waals surface area contributed by atoms with E-state index in [0.717, 1.165) is 6.42 Å². The second-order valence-electron chi connectivity index (χ2n) is 6.28. The Kier molecular flexibility index (Phi) is 6.07. The standard InChI is InChI=1S/C18H21ClN2O5S2/c1-2-26-17-9-8-16(21-10-3-4-11-27(21,22)23)13-18(17)28(24,25)20-15-7-5-6-14(19)12-15/h5-9,12-13,20H,2-4,10-11H2,1H3. The molecule has 1 aliphatic rings. The Bertz CT molecular complexity index is 1070. The van der Waals surface area contributed by atoms with Gasteiger partial charge in [-0.3, -0.25) is 9.03 Å². The van der Waals surface area contributed by atoms with Crippen molar-refractivity contribution >= 4 is 43.0 Å². The zero-order chi connectivity index (χ0) is 20.4. The number of hydrogen-bond donors (Lipinski definition) is 1. The molecule has 0 unspecified atom stereocenters. The average molecular weight is 445 g/mol. The zero-order valence-electron chi connectivity index (χ0n) is 15.3. The first-order valence-corrected chi connectivity index (χ1v) is 12.3. The molecule has 2 aromatic carbocycles. The lowest BCUT2D eigenvalue weighted by molar-refractivity contribution is 0.331. The zero-order valence-corrected chi connectivity index (χ0v) is 17.6. The van der Waals surface area contributed by atoms with Crippen LogP contribution in [0.25, 0.3) is 0 Å². The largest absolute Gasteiger partial charge is 0.492 e. The molecule has 0 amide bonds. The van der Waals surface area contributed by atoms with Gasteiger partial charge in [0.1, 0.15) is 10.6 Å². The highest BCUT2D eigenvalue weighted by Crippen LogP contribution is 2.33. The molecule has 1 N–H and O–H groups in total. The summed E-state index contributed by atoms with van der Waals surface area (Å²) in [6.07, 6.45) is 1.31. The molecule has 7 nitrogen and oxygen atoms in total. The van der Waals surface area contributed by atoms with Crippen LogP contribution in [0.4, 0.5) is 11.4 Å². The summed E-state index contributed by atoms with van der Waals surface area (Å²) in [4.78, 5) is -0.132. The molecule has 2 aromatic rings. The van der Waals surface area contributed by atoms with Crippen molar-refractivity contribution in [3.05, 3.63) is 47.5 Å². The summed E-state index contributed by atoms with van der Waals surface area (Å²) in [7, 11) is -7.51. The molecule has 3 rings (SSSR count). The molecule has 152 valence electrons. The fourth-order valence-corrected chi connectivity index (χ4v) is 6.01. The molecule has 1 fully saturated rings. The van der Waals surface area contributed by atoms with E-state index < -0.39 is 20.0 Å². The topological polar surface area (TPSA) is 92.8 Å². The molecule has 0 bridgehead atoms. The molecule has 0 atom stereocenters. The number of hydrogen-bond acceptors (Lipinski definition) is 5. The van der Waals surface area contributed by atoms with E-state index in [1.807, 2.05) is 0 Å². The predicted octanol–water partition coefficient (Wildman–Crippen LogP) is 3.47. The van der Waals surface area contributed by atoms with Crippen LogP contribution in [0.15, 0.2) is 47.4 Å². The van der Waals surface area contributed by atoms with E-state index in [4.69, 9.17) is 16.3 Å². The molecule has 1 saturated heterocycles. The molecule has 0 aromatic heterocycles. The van der Waals surface area contributed by atoms with Gasteiger partial charge in [0.2, 0.25) is 10.0 Å². The molecule has 0 spiro atoms. The number of nitrogens with zero attached hydrogens (tertiary/aromatic N) is 1. The van der Waals surface area contributed by atoms with Gasteiger partial charge in [-0.2, -0.15) is 0 Å². The first-order chi connectivity index (χ1) is 13.2. The molecular formula is C18H21ClN2O5S2. The van der Waals surface area contributed by atoms with Crippen LogP contribution < -0.4 is 13.8 Å². The summed E-state index contributed by atoms with van der Waals surface area (Å²) >= 11 is 5.93. The summed E-state index contributed by atoms with van der Waals surface area (Å²) in [5.41, 5.74) is 0.598. The molecule has 0 saturated carbocycles. The first-order valence-electron chi connectivity index (χ1n) is 8.78. The summed E-state index contributed by atoms with van der Waals surface area (Å²) < 4.78 is 60.0. The molecule has 1 aliphatic heterocycles. The monoisotopic (exact) mass is 444 g/mol. The Balaban J connectivity index is 2.04. The predicted molar refractivity (Wildman–Crippen MR) is 110 cm³/mol. The summed E-state index contributed by atoms with van der Waals surface area (Å²) in [5, 5.41) is 0.387. The Labute approximate surface area is 170 Å². The van der Waals surface area contributed by atoms with E-state index in [9.17, 15) is 16.8 Å². The van der Waals surface area contributed by atoms with Crippen LogP contribution in [-0.4, -0.2) is 35.7 Å². The lowest BCUT2D eigenvalue weighted by Crippen LogP contribution is -2.37. The number of sulfonamides is 2. The first kappa shape index (κ1) is 20.8. The third-order valence-corrected chi connectivity index (χ3v) is 7.74. The molecule has 1 heterocycles. The molecular weight excluding hydrogens is 424 g/mol. The molecule has 0 aliphatic carbocycles. The van der Waals surface area contributed by atoms with E-state index in [1.54, 1.807) is 31.2 Å². The van der Waals surface area contributed by atoms with Gasteiger partial charge in [0, 0.05) is 11.6 Å². The fraction of sp³-hybridized carbons (Fsp3) is 0.333. The Hall–Kier alpha value is -1.97. The van der Waals surface area contributed by atoms with Gasteiger partial charge in [0.25, 0.3) is 10.0 Å². The van der Waals surface area contributed by atoms with Crippen LogP contribution in [0.3, 0.4) is 0 Å². The fourth-order valence-electron chi connectivity index (χ4n) is 2.98. The lowest BCUT2D eigenvalue weighted by atomic mass is 10.2. The van der Waals surface area contributed by atoms with Crippen molar-refractivity contribution in [3.63, 3.8) is 0 Å². The maximum atomic E-state index is 13.0. The van der Waals surface area contributed by atoms with Crippen molar-refractivity contribution in [2.45, 2.75) is 24.7 Å². The van der Waals surface area contributed by atoms with Gasteiger partial charge in [-0.25, -0.2) is 16.8 Å². The maximum Gasteiger partial charge on any atom is 0.265 e. The van der Waals surface area contributed by atoms with Crippen LogP contribution in [0.5, 0.6) is 5.75 Å². The minimum absolute atomic E-state index is 0.0447. The quantitative estimate of drug-likeness (QED) is 0.736. The van der Waals surface area contributed by atoms with Gasteiger partial charge in [0.15, 0.2) is 0 Å². The van der Waals surface area contributed by atoms with Gasteiger partial charge in [-0.05, 0) is 56.2 Å². The summed E-state index contributed by atoms with van der Waals surface area (Å²) in [6.45, 7) is 2.32. The van der Waals surface area contributed by atoms with Crippen LogP contribution in [-0.2, 0) is 20.0 Å². The normalized spacial score (nSPS) is 16.6. The number of ether oxygens (including phenoxy) is 1. The highest BCUT2D eigenvalue weighted by Gasteiger charge is 2.29. The highest BCUT2D eigenvalue weighted by molar-refractivity contribution is 7.93.